The Bertz CT molecular complexity index is 863. The average Bonchev–Trinajstić information content (AvgIpc) is 2.63. The van der Waals surface area contributed by atoms with Crippen LogP contribution < -0.4 is 9.80 Å². The predicted molar refractivity (Wildman–Crippen MR) is 102 cm³/mol. The zero-order valence-corrected chi connectivity index (χ0v) is 14.6. The summed E-state index contributed by atoms with van der Waals surface area (Å²) in [5, 5.41) is 0. The second kappa shape index (κ2) is 6.77. The summed E-state index contributed by atoms with van der Waals surface area (Å²) in [5.41, 5.74) is 3.45. The van der Waals surface area contributed by atoms with E-state index in [0.29, 0.717) is 11.3 Å². The van der Waals surface area contributed by atoms with Gasteiger partial charge in [0, 0.05) is 44.2 Å². The summed E-state index contributed by atoms with van der Waals surface area (Å²) in [7, 11) is 5.71. The van der Waals surface area contributed by atoms with Gasteiger partial charge in [-0.15, -0.1) is 0 Å². The molecule has 1 aliphatic rings. The van der Waals surface area contributed by atoms with Crippen molar-refractivity contribution in [3.05, 3.63) is 78.0 Å². The number of allylic oxidation sites excluding steroid dienone is 3. The van der Waals surface area contributed by atoms with Gasteiger partial charge in [0.2, 0.25) is 5.78 Å². The third-order valence-corrected chi connectivity index (χ3v) is 4.24. The van der Waals surface area contributed by atoms with Crippen LogP contribution in [0.3, 0.4) is 0 Å². The van der Waals surface area contributed by atoms with Crippen LogP contribution in [-0.2, 0) is 9.59 Å². The highest BCUT2D eigenvalue weighted by Crippen LogP contribution is 2.28. The van der Waals surface area contributed by atoms with E-state index in [4.69, 9.17) is 0 Å². The Labute approximate surface area is 147 Å². The Morgan fingerprint density at radius 3 is 1.96 bits per heavy atom. The normalized spacial score (nSPS) is 14.0. The first-order valence-electron chi connectivity index (χ1n) is 8.06. The molecular formula is C21H20N2O2. The maximum absolute atomic E-state index is 13.0. The van der Waals surface area contributed by atoms with Gasteiger partial charge in [-0.1, -0.05) is 30.3 Å². The van der Waals surface area contributed by atoms with Crippen LogP contribution in [0.1, 0.15) is 5.56 Å². The largest absolute Gasteiger partial charge is 0.378 e. The van der Waals surface area contributed by atoms with Crippen molar-refractivity contribution >= 4 is 28.5 Å². The third kappa shape index (κ3) is 3.38. The van der Waals surface area contributed by atoms with Crippen LogP contribution in [-0.4, -0.2) is 32.7 Å². The Morgan fingerprint density at radius 2 is 1.36 bits per heavy atom. The van der Waals surface area contributed by atoms with Crippen LogP contribution >= 0.6 is 0 Å². The number of carbonyl (C=O) groups excluding carboxylic acids is 2. The quantitative estimate of drug-likeness (QED) is 0.806. The van der Waals surface area contributed by atoms with Crippen LogP contribution in [0.15, 0.2) is 72.4 Å². The Morgan fingerprint density at radius 1 is 0.720 bits per heavy atom. The maximum Gasteiger partial charge on any atom is 0.210 e. The number of benzene rings is 2. The molecule has 126 valence electrons. The number of hydrogen-bond donors (Lipinski definition) is 0. The fourth-order valence-corrected chi connectivity index (χ4v) is 2.78. The topological polar surface area (TPSA) is 40.6 Å². The first-order chi connectivity index (χ1) is 12.0. The minimum Gasteiger partial charge on any atom is -0.378 e. The molecule has 3 rings (SSSR count). The third-order valence-electron chi connectivity index (χ3n) is 4.24. The number of Topliss-reactive ketones (excluding diaryl/α,β-unsaturated/α-hetero) is 1. The van der Waals surface area contributed by atoms with Crippen molar-refractivity contribution < 1.29 is 9.59 Å². The number of para-hydroxylation sites is 1. The molecule has 0 spiro atoms. The number of anilines is 2. The molecule has 0 amide bonds. The first kappa shape index (κ1) is 16.7. The fourth-order valence-electron chi connectivity index (χ4n) is 2.78. The second-order valence-electron chi connectivity index (χ2n) is 6.15. The average molecular weight is 332 g/mol. The van der Waals surface area contributed by atoms with Gasteiger partial charge >= 0.3 is 0 Å². The molecule has 0 aromatic heterocycles. The summed E-state index contributed by atoms with van der Waals surface area (Å²) < 4.78 is 0. The summed E-state index contributed by atoms with van der Waals surface area (Å²) in [6, 6.07) is 17.1. The lowest BCUT2D eigenvalue weighted by molar-refractivity contribution is -0.114. The smallest absolute Gasteiger partial charge is 0.210 e. The van der Waals surface area contributed by atoms with Crippen molar-refractivity contribution in [1.82, 2.24) is 0 Å². The second-order valence-corrected chi connectivity index (χ2v) is 6.15. The molecule has 0 saturated carbocycles. The zero-order chi connectivity index (χ0) is 18.0. The maximum atomic E-state index is 13.0. The molecule has 0 bridgehead atoms. The van der Waals surface area contributed by atoms with Crippen molar-refractivity contribution in [3.63, 3.8) is 0 Å². The van der Waals surface area contributed by atoms with Crippen LogP contribution in [0.2, 0.25) is 0 Å². The highest BCUT2D eigenvalue weighted by atomic mass is 16.1. The molecule has 0 atom stereocenters. The molecule has 25 heavy (non-hydrogen) atoms. The lowest BCUT2D eigenvalue weighted by Crippen LogP contribution is -2.27. The van der Waals surface area contributed by atoms with Crippen molar-refractivity contribution in [2.45, 2.75) is 0 Å². The molecule has 0 aliphatic heterocycles. The van der Waals surface area contributed by atoms with Gasteiger partial charge in [0.25, 0.3) is 0 Å². The van der Waals surface area contributed by atoms with E-state index in [0.717, 1.165) is 16.9 Å². The van der Waals surface area contributed by atoms with Crippen LogP contribution in [0.4, 0.5) is 11.4 Å². The Balaban J connectivity index is 1.93. The highest BCUT2D eigenvalue weighted by Gasteiger charge is 2.26. The van der Waals surface area contributed by atoms with E-state index in [-0.39, 0.29) is 11.6 Å². The van der Waals surface area contributed by atoms with Crippen molar-refractivity contribution in [1.29, 1.82) is 0 Å². The van der Waals surface area contributed by atoms with E-state index < -0.39 is 0 Å². The van der Waals surface area contributed by atoms with Crippen molar-refractivity contribution in [2.24, 2.45) is 0 Å². The predicted octanol–water partition coefficient (Wildman–Crippen LogP) is 3.31. The molecule has 1 aliphatic carbocycles. The molecule has 0 fully saturated rings. The summed E-state index contributed by atoms with van der Waals surface area (Å²) in [6.45, 7) is 0. The number of hydrogen-bond acceptors (Lipinski definition) is 4. The van der Waals surface area contributed by atoms with Crippen LogP contribution in [0.25, 0.3) is 5.57 Å². The Kier molecular flexibility index (Phi) is 4.52. The van der Waals surface area contributed by atoms with E-state index in [1.807, 2.05) is 73.6 Å². The number of rotatable bonds is 4. The Hall–Kier alpha value is -3.14. The summed E-state index contributed by atoms with van der Waals surface area (Å²) in [6.07, 6.45) is 2.81. The lowest BCUT2D eigenvalue weighted by atomic mass is 9.93. The van der Waals surface area contributed by atoms with Crippen LogP contribution in [0.5, 0.6) is 0 Å². The zero-order valence-electron chi connectivity index (χ0n) is 14.6. The number of ketones is 2. The van der Waals surface area contributed by atoms with E-state index in [2.05, 4.69) is 0 Å². The van der Waals surface area contributed by atoms with E-state index in [1.165, 1.54) is 12.2 Å². The molecule has 0 heterocycles. The molecule has 4 nitrogen and oxygen atoms in total. The number of likely N-dealkylation sites (N-methyl/N-ethyl adjacent to an activating group) is 1. The minimum absolute atomic E-state index is 0.149. The highest BCUT2D eigenvalue weighted by molar-refractivity contribution is 6.37. The van der Waals surface area contributed by atoms with E-state index in [9.17, 15) is 9.59 Å². The molecule has 0 saturated heterocycles. The van der Waals surface area contributed by atoms with Gasteiger partial charge in [0.05, 0.1) is 5.70 Å². The van der Waals surface area contributed by atoms with Gasteiger partial charge in [0.1, 0.15) is 0 Å². The van der Waals surface area contributed by atoms with E-state index >= 15 is 0 Å². The van der Waals surface area contributed by atoms with Gasteiger partial charge in [-0.3, -0.25) is 9.59 Å². The standard InChI is InChI=1S/C21H20N2O2/c1-22(2)16-11-9-15(10-12-16)19-13-18(24)14-20(21(19)25)23(3)17-7-5-4-6-8-17/h4-14H,1-3H3. The van der Waals surface area contributed by atoms with Crippen molar-refractivity contribution in [2.75, 3.05) is 30.9 Å². The molecular weight excluding hydrogens is 312 g/mol. The monoisotopic (exact) mass is 332 g/mol. The van der Waals surface area contributed by atoms with Gasteiger partial charge in [-0.05, 0) is 35.9 Å². The van der Waals surface area contributed by atoms with Crippen molar-refractivity contribution in [3.8, 4) is 0 Å². The SMILES string of the molecule is CN(C)c1ccc(C2=CC(=O)C=C(N(C)c3ccccc3)C2=O)cc1. The number of carbonyl (C=O) groups is 2. The van der Waals surface area contributed by atoms with Gasteiger partial charge < -0.3 is 9.80 Å². The van der Waals surface area contributed by atoms with Gasteiger partial charge in [-0.2, -0.15) is 0 Å². The molecule has 2 aromatic carbocycles. The lowest BCUT2D eigenvalue weighted by Gasteiger charge is -2.24. The van der Waals surface area contributed by atoms with Crippen LogP contribution in [0, 0.1) is 0 Å². The van der Waals surface area contributed by atoms with Gasteiger partial charge in [0.15, 0.2) is 5.78 Å². The van der Waals surface area contributed by atoms with E-state index in [1.54, 1.807) is 11.9 Å². The van der Waals surface area contributed by atoms with Gasteiger partial charge in [-0.25, -0.2) is 0 Å². The fraction of sp³-hybridized carbons (Fsp3) is 0.143. The molecule has 2 aromatic rings. The molecule has 4 heteroatoms. The molecule has 0 unspecified atom stereocenters. The molecule has 0 N–H and O–H groups in total. The summed E-state index contributed by atoms with van der Waals surface area (Å²) in [4.78, 5) is 28.9. The minimum atomic E-state index is -0.177. The summed E-state index contributed by atoms with van der Waals surface area (Å²) >= 11 is 0. The first-order valence-corrected chi connectivity index (χ1v) is 8.06. The molecule has 0 radical (unpaired) electrons. The number of nitrogens with zero attached hydrogens (tertiary/aromatic N) is 2. The summed E-state index contributed by atoms with van der Waals surface area (Å²) in [5.74, 6) is -0.326.